The normalized spacial score (nSPS) is 14.2. The Labute approximate surface area is 249 Å². The van der Waals surface area contributed by atoms with E-state index in [-0.39, 0.29) is 13.6 Å². The zero-order valence-electron chi connectivity index (χ0n) is 24.1. The predicted octanol–water partition coefficient (Wildman–Crippen LogP) is 6.85. The van der Waals surface area contributed by atoms with Gasteiger partial charge in [-0.15, -0.1) is 0 Å². The first-order valence-electron chi connectivity index (χ1n) is 13.8. The number of aliphatic hydroxyl groups is 2. The van der Waals surface area contributed by atoms with Crippen molar-refractivity contribution in [3.8, 4) is 0 Å². The summed E-state index contributed by atoms with van der Waals surface area (Å²) in [6.45, 7) is 0.265. The minimum absolute atomic E-state index is 0.133. The molecule has 0 fully saturated rings. The van der Waals surface area contributed by atoms with Crippen molar-refractivity contribution in [3.05, 3.63) is 156 Å². The Morgan fingerprint density at radius 1 is 0.500 bits per heavy atom. The van der Waals surface area contributed by atoms with Gasteiger partial charge in [0.1, 0.15) is 38.0 Å². The van der Waals surface area contributed by atoms with Crippen LogP contribution in [0.4, 0.5) is 0 Å². The second-order valence-corrected chi connectivity index (χ2v) is 9.33. The van der Waals surface area contributed by atoms with Crippen LogP contribution in [0, 0.1) is 0 Å². The van der Waals surface area contributed by atoms with E-state index in [2.05, 4.69) is 0 Å². The first kappa shape index (κ1) is 32.6. The molecule has 220 valence electrons. The highest BCUT2D eigenvalue weighted by atomic mass is 16.7. The third kappa shape index (κ3) is 11.5. The molecule has 0 aliphatic heterocycles. The lowest BCUT2D eigenvalue weighted by Gasteiger charge is -2.20. The number of rotatable bonds is 14. The van der Waals surface area contributed by atoms with Crippen LogP contribution in [-0.2, 0) is 18.9 Å². The van der Waals surface area contributed by atoms with Crippen molar-refractivity contribution in [2.45, 2.75) is 24.4 Å². The van der Waals surface area contributed by atoms with Gasteiger partial charge in [0.2, 0.25) is 0 Å². The van der Waals surface area contributed by atoms with Gasteiger partial charge in [-0.3, -0.25) is 0 Å². The van der Waals surface area contributed by atoms with Crippen molar-refractivity contribution in [2.75, 3.05) is 27.8 Å². The standard InChI is InChI=1S/2C18H20O3/c2*1-20-14-21-17(13-12-15-8-4-2-5-9-15)18(19)16-10-6-3-7-11-16/h2*2-13,17-19H,14H2,1H3/b2*13-12+/t17-,18+;17-,18-/m00/s1. The van der Waals surface area contributed by atoms with Crippen molar-refractivity contribution < 1.29 is 29.2 Å². The van der Waals surface area contributed by atoms with E-state index in [9.17, 15) is 10.2 Å². The molecule has 0 saturated carbocycles. The summed E-state index contributed by atoms with van der Waals surface area (Å²) in [5.41, 5.74) is 3.75. The fourth-order valence-electron chi connectivity index (χ4n) is 4.02. The van der Waals surface area contributed by atoms with E-state index in [0.717, 1.165) is 22.3 Å². The number of aliphatic hydroxyl groups excluding tert-OH is 2. The van der Waals surface area contributed by atoms with E-state index < -0.39 is 24.4 Å². The Balaban J connectivity index is 0.000000230. The van der Waals surface area contributed by atoms with Crippen molar-refractivity contribution >= 4 is 12.2 Å². The molecular formula is C36H40O6. The van der Waals surface area contributed by atoms with Gasteiger partial charge in [0.05, 0.1) is 0 Å². The van der Waals surface area contributed by atoms with Crippen molar-refractivity contribution in [1.82, 2.24) is 0 Å². The largest absolute Gasteiger partial charge is 0.385 e. The lowest BCUT2D eigenvalue weighted by Crippen LogP contribution is -2.21. The molecule has 0 spiro atoms. The van der Waals surface area contributed by atoms with Gasteiger partial charge in [0.25, 0.3) is 0 Å². The maximum absolute atomic E-state index is 10.5. The van der Waals surface area contributed by atoms with Gasteiger partial charge in [-0.1, -0.05) is 146 Å². The Bertz CT molecular complexity index is 1180. The summed E-state index contributed by atoms with van der Waals surface area (Å²) in [6, 6.07) is 38.7. The Kier molecular flexibility index (Phi) is 15.0. The molecule has 0 amide bonds. The molecule has 0 bridgehead atoms. The molecule has 2 N–H and O–H groups in total. The lowest BCUT2D eigenvalue weighted by molar-refractivity contribution is -0.0939. The average Bonchev–Trinajstić information content (AvgIpc) is 3.06. The molecule has 6 nitrogen and oxygen atoms in total. The molecule has 0 saturated heterocycles. The molecule has 0 radical (unpaired) electrons. The fraction of sp³-hybridized carbons (Fsp3) is 0.222. The third-order valence-corrected chi connectivity index (χ3v) is 6.22. The molecular weight excluding hydrogens is 528 g/mol. The highest BCUT2D eigenvalue weighted by Gasteiger charge is 2.20. The van der Waals surface area contributed by atoms with Crippen LogP contribution < -0.4 is 0 Å². The van der Waals surface area contributed by atoms with E-state index in [0.29, 0.717) is 0 Å². The minimum Gasteiger partial charge on any atom is -0.385 e. The average molecular weight is 569 g/mol. The van der Waals surface area contributed by atoms with Gasteiger partial charge in [-0.2, -0.15) is 0 Å². The van der Waals surface area contributed by atoms with Gasteiger partial charge in [0, 0.05) is 14.2 Å². The number of methoxy groups -OCH3 is 2. The van der Waals surface area contributed by atoms with E-state index in [1.54, 1.807) is 14.2 Å². The molecule has 4 aromatic rings. The number of hydrogen-bond acceptors (Lipinski definition) is 6. The lowest BCUT2D eigenvalue weighted by atomic mass is 10.0. The number of ether oxygens (including phenoxy) is 4. The Morgan fingerprint density at radius 3 is 1.12 bits per heavy atom. The quantitative estimate of drug-likeness (QED) is 0.162. The molecule has 42 heavy (non-hydrogen) atoms. The first-order valence-corrected chi connectivity index (χ1v) is 13.8. The molecule has 4 aromatic carbocycles. The van der Waals surface area contributed by atoms with Crippen LogP contribution in [0.3, 0.4) is 0 Å². The van der Waals surface area contributed by atoms with E-state index in [1.165, 1.54) is 0 Å². The zero-order chi connectivity index (χ0) is 29.8. The second-order valence-electron chi connectivity index (χ2n) is 9.33. The first-order chi connectivity index (χ1) is 20.6. The Hall–Kier alpha value is -3.88. The van der Waals surface area contributed by atoms with E-state index in [4.69, 9.17) is 18.9 Å². The molecule has 6 heteroatoms. The second kappa shape index (κ2) is 19.3. The fourth-order valence-corrected chi connectivity index (χ4v) is 4.02. The molecule has 0 aromatic heterocycles. The molecule has 0 unspecified atom stereocenters. The van der Waals surface area contributed by atoms with Crippen LogP contribution in [0.2, 0.25) is 0 Å². The number of hydrogen-bond donors (Lipinski definition) is 2. The van der Waals surface area contributed by atoms with Gasteiger partial charge in [-0.05, 0) is 22.3 Å². The van der Waals surface area contributed by atoms with Crippen LogP contribution in [-0.4, -0.2) is 50.2 Å². The summed E-state index contributed by atoms with van der Waals surface area (Å²) in [6.07, 6.45) is 5.18. The smallest absolute Gasteiger partial charge is 0.147 e. The number of benzene rings is 4. The summed E-state index contributed by atoms with van der Waals surface area (Å²) in [5.74, 6) is 0. The van der Waals surface area contributed by atoms with Crippen molar-refractivity contribution in [1.29, 1.82) is 0 Å². The van der Waals surface area contributed by atoms with Gasteiger partial charge < -0.3 is 29.2 Å². The van der Waals surface area contributed by atoms with Crippen molar-refractivity contribution in [3.63, 3.8) is 0 Å². The highest BCUT2D eigenvalue weighted by molar-refractivity contribution is 5.50. The molecule has 4 rings (SSSR count). The zero-order valence-corrected chi connectivity index (χ0v) is 24.1. The Morgan fingerprint density at radius 2 is 0.810 bits per heavy atom. The highest BCUT2D eigenvalue weighted by Crippen LogP contribution is 2.22. The third-order valence-electron chi connectivity index (χ3n) is 6.22. The van der Waals surface area contributed by atoms with Gasteiger partial charge in [0.15, 0.2) is 0 Å². The summed E-state index contributed by atoms with van der Waals surface area (Å²) in [7, 11) is 3.12. The van der Waals surface area contributed by atoms with Crippen LogP contribution in [0.15, 0.2) is 133 Å². The van der Waals surface area contributed by atoms with Gasteiger partial charge >= 0.3 is 0 Å². The molecule has 0 aliphatic rings. The van der Waals surface area contributed by atoms with E-state index >= 15 is 0 Å². The van der Waals surface area contributed by atoms with Crippen LogP contribution in [0.1, 0.15) is 34.5 Å². The minimum atomic E-state index is -0.735. The van der Waals surface area contributed by atoms with Gasteiger partial charge in [-0.25, -0.2) is 0 Å². The summed E-state index contributed by atoms with van der Waals surface area (Å²) < 4.78 is 21.0. The van der Waals surface area contributed by atoms with Crippen LogP contribution in [0.5, 0.6) is 0 Å². The summed E-state index contributed by atoms with van der Waals surface area (Å²) in [5, 5.41) is 20.9. The van der Waals surface area contributed by atoms with Crippen LogP contribution >= 0.6 is 0 Å². The predicted molar refractivity (Wildman–Crippen MR) is 167 cm³/mol. The van der Waals surface area contributed by atoms with Crippen LogP contribution in [0.25, 0.3) is 12.2 Å². The molecule has 4 atom stereocenters. The SMILES string of the molecule is COCO[C@@H](/C=C/c1ccccc1)[C@@H](O)c1ccccc1.COCO[C@@H](/C=C/c1ccccc1)[C@H](O)c1ccccc1. The maximum Gasteiger partial charge on any atom is 0.147 e. The molecule has 0 aliphatic carbocycles. The molecule has 0 heterocycles. The summed E-state index contributed by atoms with van der Waals surface area (Å²) in [4.78, 5) is 0. The monoisotopic (exact) mass is 568 g/mol. The topological polar surface area (TPSA) is 77.4 Å². The van der Waals surface area contributed by atoms with E-state index in [1.807, 2.05) is 146 Å². The van der Waals surface area contributed by atoms with Crippen molar-refractivity contribution in [2.24, 2.45) is 0 Å². The maximum atomic E-state index is 10.5. The summed E-state index contributed by atoms with van der Waals surface area (Å²) >= 11 is 0.